The molecule has 1 N–H and O–H groups in total. The number of aromatic nitrogens is 1. The van der Waals surface area contributed by atoms with Gasteiger partial charge >= 0.3 is 5.97 Å². The fourth-order valence-electron chi connectivity index (χ4n) is 2.97. The largest absolute Gasteiger partial charge is 0.497 e. The number of hydrogen-bond acceptors (Lipinski definition) is 6. The molecular formula is C19H21N3O5. The van der Waals surface area contributed by atoms with Crippen LogP contribution in [0.2, 0.25) is 0 Å². The summed E-state index contributed by atoms with van der Waals surface area (Å²) in [6, 6.07) is 10.0. The third-order valence-electron chi connectivity index (χ3n) is 4.44. The van der Waals surface area contributed by atoms with Crippen LogP contribution in [0.4, 0.5) is 5.82 Å². The SMILES string of the molecule is COc1cc(OC)cc(C(=O)N2CCN(c3cccc(C(=O)O)n3)CC2)c1. The smallest absolute Gasteiger partial charge is 0.354 e. The van der Waals surface area contributed by atoms with Crippen molar-refractivity contribution in [1.29, 1.82) is 0 Å². The summed E-state index contributed by atoms with van der Waals surface area (Å²) in [4.78, 5) is 31.8. The van der Waals surface area contributed by atoms with E-state index in [0.29, 0.717) is 49.1 Å². The number of carboxylic acid groups (broad SMARTS) is 1. The quantitative estimate of drug-likeness (QED) is 0.856. The molecule has 8 heteroatoms. The van der Waals surface area contributed by atoms with Crippen molar-refractivity contribution in [3.63, 3.8) is 0 Å². The van der Waals surface area contributed by atoms with Crippen molar-refractivity contribution < 1.29 is 24.2 Å². The lowest BCUT2D eigenvalue weighted by atomic mass is 10.1. The highest BCUT2D eigenvalue weighted by molar-refractivity contribution is 5.95. The van der Waals surface area contributed by atoms with Crippen molar-refractivity contribution in [2.24, 2.45) is 0 Å². The van der Waals surface area contributed by atoms with Gasteiger partial charge in [-0.1, -0.05) is 6.07 Å². The molecule has 2 aromatic rings. The van der Waals surface area contributed by atoms with Gasteiger partial charge in [0.15, 0.2) is 5.69 Å². The van der Waals surface area contributed by atoms with Gasteiger partial charge in [0.25, 0.3) is 5.91 Å². The fraction of sp³-hybridized carbons (Fsp3) is 0.316. The topological polar surface area (TPSA) is 92.2 Å². The lowest BCUT2D eigenvalue weighted by molar-refractivity contribution is 0.0690. The van der Waals surface area contributed by atoms with E-state index in [-0.39, 0.29) is 11.6 Å². The van der Waals surface area contributed by atoms with Gasteiger partial charge in [0, 0.05) is 37.8 Å². The summed E-state index contributed by atoms with van der Waals surface area (Å²) in [5.74, 6) is 0.568. The molecule has 1 aliphatic rings. The van der Waals surface area contributed by atoms with Gasteiger partial charge in [-0.25, -0.2) is 9.78 Å². The number of hydrogen-bond donors (Lipinski definition) is 1. The van der Waals surface area contributed by atoms with Gasteiger partial charge in [-0.2, -0.15) is 0 Å². The Morgan fingerprint density at radius 2 is 1.63 bits per heavy atom. The molecule has 0 spiro atoms. The van der Waals surface area contributed by atoms with Crippen LogP contribution < -0.4 is 14.4 Å². The number of benzene rings is 1. The molecule has 1 amide bonds. The van der Waals surface area contributed by atoms with E-state index in [1.807, 2.05) is 4.90 Å². The van der Waals surface area contributed by atoms with Crippen LogP contribution in [0.3, 0.4) is 0 Å². The van der Waals surface area contributed by atoms with Crippen LogP contribution in [0, 0.1) is 0 Å². The van der Waals surface area contributed by atoms with Crippen molar-refractivity contribution in [1.82, 2.24) is 9.88 Å². The molecule has 27 heavy (non-hydrogen) atoms. The maximum Gasteiger partial charge on any atom is 0.354 e. The van der Waals surface area contributed by atoms with Crippen LogP contribution >= 0.6 is 0 Å². The Balaban J connectivity index is 1.69. The number of rotatable bonds is 5. The predicted molar refractivity (Wildman–Crippen MR) is 98.9 cm³/mol. The van der Waals surface area contributed by atoms with E-state index in [1.54, 1.807) is 49.5 Å². The summed E-state index contributed by atoms with van der Waals surface area (Å²) < 4.78 is 10.5. The number of aromatic carboxylic acids is 1. The minimum absolute atomic E-state index is 0.00878. The lowest BCUT2D eigenvalue weighted by Gasteiger charge is -2.35. The number of carbonyl (C=O) groups is 2. The second kappa shape index (κ2) is 7.94. The minimum atomic E-state index is -1.06. The molecule has 1 aromatic heterocycles. The molecular weight excluding hydrogens is 350 g/mol. The number of nitrogens with zero attached hydrogens (tertiary/aromatic N) is 3. The Bertz CT molecular complexity index is 825. The molecule has 0 unspecified atom stereocenters. The van der Waals surface area contributed by atoms with E-state index >= 15 is 0 Å². The zero-order valence-corrected chi connectivity index (χ0v) is 15.2. The number of carboxylic acids is 1. The normalized spacial score (nSPS) is 14.0. The molecule has 0 bridgehead atoms. The molecule has 0 atom stereocenters. The second-order valence-electron chi connectivity index (χ2n) is 6.07. The fourth-order valence-corrected chi connectivity index (χ4v) is 2.97. The van der Waals surface area contributed by atoms with E-state index in [4.69, 9.17) is 14.6 Å². The Hall–Kier alpha value is -3.29. The zero-order valence-electron chi connectivity index (χ0n) is 15.2. The molecule has 142 valence electrons. The highest BCUT2D eigenvalue weighted by Crippen LogP contribution is 2.24. The number of carbonyl (C=O) groups excluding carboxylic acids is 1. The Morgan fingerprint density at radius 1 is 1.00 bits per heavy atom. The second-order valence-corrected chi connectivity index (χ2v) is 6.07. The summed E-state index contributed by atoms with van der Waals surface area (Å²) in [5, 5.41) is 9.08. The van der Waals surface area contributed by atoms with Crippen molar-refractivity contribution in [3.8, 4) is 11.5 Å². The zero-order chi connectivity index (χ0) is 19.4. The average molecular weight is 371 g/mol. The summed E-state index contributed by atoms with van der Waals surface area (Å²) in [5.41, 5.74) is 0.514. The first kappa shape index (κ1) is 18.5. The molecule has 0 saturated carbocycles. The van der Waals surface area contributed by atoms with E-state index in [2.05, 4.69) is 4.98 Å². The van der Waals surface area contributed by atoms with E-state index in [0.717, 1.165) is 0 Å². The van der Waals surface area contributed by atoms with Crippen molar-refractivity contribution in [2.75, 3.05) is 45.3 Å². The Morgan fingerprint density at radius 3 is 2.19 bits per heavy atom. The number of amides is 1. The number of anilines is 1. The van der Waals surface area contributed by atoms with Crippen molar-refractivity contribution >= 4 is 17.7 Å². The molecule has 0 radical (unpaired) electrons. The highest BCUT2D eigenvalue weighted by Gasteiger charge is 2.24. The maximum atomic E-state index is 12.8. The Labute approximate surface area is 156 Å². The third-order valence-corrected chi connectivity index (χ3v) is 4.44. The van der Waals surface area contributed by atoms with Gasteiger partial charge in [0.2, 0.25) is 0 Å². The summed E-state index contributed by atoms with van der Waals surface area (Å²) in [6.07, 6.45) is 0. The summed E-state index contributed by atoms with van der Waals surface area (Å²) in [7, 11) is 3.08. The van der Waals surface area contributed by atoms with Crippen LogP contribution in [0.5, 0.6) is 11.5 Å². The van der Waals surface area contributed by atoms with Gasteiger partial charge in [0.1, 0.15) is 17.3 Å². The number of piperazine rings is 1. The van der Waals surface area contributed by atoms with Crippen LogP contribution in [-0.4, -0.2) is 67.3 Å². The van der Waals surface area contributed by atoms with Crippen molar-refractivity contribution in [2.45, 2.75) is 0 Å². The van der Waals surface area contributed by atoms with Gasteiger partial charge in [-0.15, -0.1) is 0 Å². The van der Waals surface area contributed by atoms with Gasteiger partial charge < -0.3 is 24.4 Å². The lowest BCUT2D eigenvalue weighted by Crippen LogP contribution is -2.49. The van der Waals surface area contributed by atoms with E-state index < -0.39 is 5.97 Å². The third kappa shape index (κ3) is 4.11. The van der Waals surface area contributed by atoms with Crippen LogP contribution in [0.15, 0.2) is 36.4 Å². The molecule has 1 aliphatic heterocycles. The molecule has 3 rings (SSSR count). The van der Waals surface area contributed by atoms with E-state index in [1.165, 1.54) is 6.07 Å². The number of methoxy groups -OCH3 is 2. The van der Waals surface area contributed by atoms with Crippen LogP contribution in [-0.2, 0) is 0 Å². The molecule has 0 aliphatic carbocycles. The molecule has 1 saturated heterocycles. The first-order valence-electron chi connectivity index (χ1n) is 8.49. The van der Waals surface area contributed by atoms with Crippen LogP contribution in [0.25, 0.3) is 0 Å². The molecule has 1 fully saturated rings. The van der Waals surface area contributed by atoms with Gasteiger partial charge in [-0.3, -0.25) is 4.79 Å². The summed E-state index contributed by atoms with van der Waals surface area (Å²) in [6.45, 7) is 2.17. The Kier molecular flexibility index (Phi) is 5.44. The van der Waals surface area contributed by atoms with E-state index in [9.17, 15) is 9.59 Å². The highest BCUT2D eigenvalue weighted by atomic mass is 16.5. The number of pyridine rings is 1. The monoisotopic (exact) mass is 371 g/mol. The molecule has 2 heterocycles. The molecule has 1 aromatic carbocycles. The average Bonchev–Trinajstić information content (AvgIpc) is 2.73. The number of ether oxygens (including phenoxy) is 2. The van der Waals surface area contributed by atoms with Gasteiger partial charge in [-0.05, 0) is 24.3 Å². The first-order chi connectivity index (χ1) is 13.0. The van der Waals surface area contributed by atoms with Crippen molar-refractivity contribution in [3.05, 3.63) is 47.7 Å². The standard InChI is InChI=1S/C19H21N3O5/c1-26-14-10-13(11-15(12-14)27-2)18(23)22-8-6-21(7-9-22)17-5-3-4-16(20-17)19(24)25/h3-5,10-12H,6-9H2,1-2H3,(H,24,25). The molecule has 8 nitrogen and oxygen atoms in total. The predicted octanol–water partition coefficient (Wildman–Crippen LogP) is 1.76. The maximum absolute atomic E-state index is 12.8. The first-order valence-corrected chi connectivity index (χ1v) is 8.49. The van der Waals surface area contributed by atoms with Crippen LogP contribution in [0.1, 0.15) is 20.8 Å². The minimum Gasteiger partial charge on any atom is -0.497 e. The van der Waals surface area contributed by atoms with Gasteiger partial charge in [0.05, 0.1) is 14.2 Å². The summed E-state index contributed by atoms with van der Waals surface area (Å²) >= 11 is 0.